The van der Waals surface area contributed by atoms with Gasteiger partial charge in [-0.1, -0.05) is 35.0 Å². The molecule has 5 nitrogen and oxygen atoms in total. The Balaban J connectivity index is 1.67. The Morgan fingerprint density at radius 3 is 2.81 bits per heavy atom. The summed E-state index contributed by atoms with van der Waals surface area (Å²) >= 11 is 13.3. The Bertz CT molecular complexity index is 1050. The van der Waals surface area contributed by atoms with Crippen molar-refractivity contribution in [2.45, 2.75) is 6.92 Å². The lowest BCUT2D eigenvalue weighted by Crippen LogP contribution is -2.35. The van der Waals surface area contributed by atoms with Crippen LogP contribution in [0.4, 0.5) is 0 Å². The Morgan fingerprint density at radius 2 is 2.04 bits per heavy atom. The first-order chi connectivity index (χ1) is 12.4. The number of rotatable bonds is 2. The van der Waals surface area contributed by atoms with Crippen LogP contribution in [-0.4, -0.2) is 21.8 Å². The number of benzene rings is 1. The molecule has 3 heterocycles. The molecule has 26 heavy (non-hydrogen) atoms. The van der Waals surface area contributed by atoms with Gasteiger partial charge in [-0.15, -0.1) is 0 Å². The molecule has 2 aromatic rings. The molecule has 1 aromatic heterocycles. The smallest absolute Gasteiger partial charge is 0.283 e. The molecule has 130 valence electrons. The predicted molar refractivity (Wildman–Crippen MR) is 105 cm³/mol. The van der Waals surface area contributed by atoms with Crippen LogP contribution < -0.4 is 0 Å². The second-order valence-electron chi connectivity index (χ2n) is 5.65. The zero-order valence-corrected chi connectivity index (χ0v) is 15.7. The molecular formula is C18H11Cl2N3O2S. The first-order valence-electron chi connectivity index (χ1n) is 7.57. The van der Waals surface area contributed by atoms with E-state index in [0.29, 0.717) is 26.7 Å². The number of amides is 1. The number of carbonyl (C=O) groups excluding carboxylic acids is 1. The minimum Gasteiger partial charge on any atom is -0.457 e. The summed E-state index contributed by atoms with van der Waals surface area (Å²) in [5, 5.41) is 9.69. The van der Waals surface area contributed by atoms with Gasteiger partial charge in [0, 0.05) is 16.7 Å². The van der Waals surface area contributed by atoms with Gasteiger partial charge in [0.25, 0.3) is 5.91 Å². The number of allylic oxidation sites excluding steroid dienone is 1. The normalized spacial score (nSPS) is 18.3. The van der Waals surface area contributed by atoms with E-state index in [1.54, 1.807) is 41.4 Å². The highest BCUT2D eigenvalue weighted by molar-refractivity contribution is 8.17. The van der Waals surface area contributed by atoms with Gasteiger partial charge in [-0.3, -0.25) is 15.1 Å². The molecule has 4 rings (SSSR count). The molecule has 1 N–H and O–H groups in total. The van der Waals surface area contributed by atoms with Gasteiger partial charge in [0.1, 0.15) is 17.4 Å². The standard InChI is InChI=1S/C18H11Cl2N3O2S/c1-9-8-23-16(21)12(17(24)22-18(23)26-9)7-11-3-5-15(25-11)10-2-4-13(19)14(20)6-10/h2-8,21H,1H3/b12-7-,21-16?. The molecule has 0 saturated carbocycles. The minimum atomic E-state index is -0.454. The third-order valence-electron chi connectivity index (χ3n) is 3.81. The molecule has 0 spiro atoms. The number of thioether (sulfide) groups is 1. The summed E-state index contributed by atoms with van der Waals surface area (Å²) < 4.78 is 5.78. The lowest BCUT2D eigenvalue weighted by molar-refractivity contribution is -0.114. The van der Waals surface area contributed by atoms with Crippen molar-refractivity contribution in [2.24, 2.45) is 4.99 Å². The molecule has 2 aliphatic rings. The first-order valence-corrected chi connectivity index (χ1v) is 9.14. The number of nitrogens with zero attached hydrogens (tertiary/aromatic N) is 2. The van der Waals surface area contributed by atoms with E-state index in [1.165, 1.54) is 17.8 Å². The number of carbonyl (C=O) groups is 1. The molecule has 0 aliphatic carbocycles. The summed E-state index contributed by atoms with van der Waals surface area (Å²) in [6.45, 7) is 1.91. The quantitative estimate of drug-likeness (QED) is 0.679. The largest absolute Gasteiger partial charge is 0.457 e. The van der Waals surface area contributed by atoms with Crippen molar-refractivity contribution in [3.8, 4) is 11.3 Å². The number of nitrogens with one attached hydrogen (secondary N) is 1. The van der Waals surface area contributed by atoms with Crippen molar-refractivity contribution < 1.29 is 9.21 Å². The van der Waals surface area contributed by atoms with E-state index < -0.39 is 5.91 Å². The van der Waals surface area contributed by atoms with Gasteiger partial charge in [-0.25, -0.2) is 0 Å². The second kappa shape index (κ2) is 6.46. The number of aliphatic imine (C=N–C) groups is 1. The topological polar surface area (TPSA) is 69.7 Å². The van der Waals surface area contributed by atoms with E-state index in [4.69, 9.17) is 33.0 Å². The van der Waals surface area contributed by atoms with Crippen LogP contribution >= 0.6 is 35.0 Å². The predicted octanol–water partition coefficient (Wildman–Crippen LogP) is 5.42. The fourth-order valence-corrected chi connectivity index (χ4v) is 3.69. The Morgan fingerprint density at radius 1 is 1.23 bits per heavy atom. The molecule has 0 saturated heterocycles. The van der Waals surface area contributed by atoms with Crippen LogP contribution in [0.3, 0.4) is 0 Å². The average Bonchev–Trinajstić information content (AvgIpc) is 3.20. The number of hydrogen-bond donors (Lipinski definition) is 1. The summed E-state index contributed by atoms with van der Waals surface area (Å²) in [5.41, 5.74) is 0.944. The molecular weight excluding hydrogens is 393 g/mol. The molecule has 1 amide bonds. The molecule has 0 bridgehead atoms. The van der Waals surface area contributed by atoms with Gasteiger partial charge in [-0.05, 0) is 43.3 Å². The van der Waals surface area contributed by atoms with Crippen molar-refractivity contribution >= 4 is 58.0 Å². The Kier molecular flexibility index (Phi) is 4.26. The monoisotopic (exact) mass is 403 g/mol. The number of furan rings is 1. The minimum absolute atomic E-state index is 0.0804. The van der Waals surface area contributed by atoms with Gasteiger partial charge in [0.15, 0.2) is 5.17 Å². The van der Waals surface area contributed by atoms with Crippen LogP contribution in [-0.2, 0) is 4.79 Å². The highest BCUT2D eigenvalue weighted by atomic mass is 35.5. The molecule has 2 aliphatic heterocycles. The van der Waals surface area contributed by atoms with Gasteiger partial charge < -0.3 is 4.42 Å². The van der Waals surface area contributed by atoms with Gasteiger partial charge in [0.2, 0.25) is 0 Å². The van der Waals surface area contributed by atoms with Gasteiger partial charge in [0.05, 0.1) is 15.6 Å². The summed E-state index contributed by atoms with van der Waals surface area (Å²) in [5.74, 6) is 0.661. The average molecular weight is 404 g/mol. The van der Waals surface area contributed by atoms with Crippen molar-refractivity contribution in [3.63, 3.8) is 0 Å². The Hall–Kier alpha value is -2.28. The number of halogens is 2. The molecule has 0 fully saturated rings. The fraction of sp³-hybridized carbons (Fsp3) is 0.0556. The summed E-state index contributed by atoms with van der Waals surface area (Å²) in [6.07, 6.45) is 3.31. The maximum absolute atomic E-state index is 12.3. The van der Waals surface area contributed by atoms with E-state index >= 15 is 0 Å². The summed E-state index contributed by atoms with van der Waals surface area (Å²) in [7, 11) is 0. The zero-order chi connectivity index (χ0) is 18.4. The summed E-state index contributed by atoms with van der Waals surface area (Å²) in [4.78, 5) is 18.9. The number of amidine groups is 2. The summed E-state index contributed by atoms with van der Waals surface area (Å²) in [6, 6.07) is 8.69. The molecule has 0 radical (unpaired) electrons. The molecule has 0 unspecified atom stereocenters. The molecule has 8 heteroatoms. The van der Waals surface area contributed by atoms with Crippen molar-refractivity contribution in [3.05, 3.63) is 62.8 Å². The van der Waals surface area contributed by atoms with Crippen LogP contribution in [0, 0.1) is 5.41 Å². The van der Waals surface area contributed by atoms with Crippen molar-refractivity contribution in [1.29, 1.82) is 5.41 Å². The van der Waals surface area contributed by atoms with Crippen LogP contribution in [0.1, 0.15) is 12.7 Å². The van der Waals surface area contributed by atoms with Crippen molar-refractivity contribution in [1.82, 2.24) is 4.90 Å². The fourth-order valence-electron chi connectivity index (χ4n) is 2.58. The van der Waals surface area contributed by atoms with Crippen LogP contribution in [0.2, 0.25) is 10.0 Å². The van der Waals surface area contributed by atoms with Crippen molar-refractivity contribution in [2.75, 3.05) is 0 Å². The number of fused-ring (bicyclic) bond motifs is 1. The zero-order valence-electron chi connectivity index (χ0n) is 13.4. The van der Waals surface area contributed by atoms with E-state index in [0.717, 1.165) is 10.5 Å². The van der Waals surface area contributed by atoms with E-state index in [1.807, 2.05) is 6.92 Å². The lowest BCUT2D eigenvalue weighted by atomic mass is 10.1. The van der Waals surface area contributed by atoms with E-state index in [-0.39, 0.29) is 11.4 Å². The van der Waals surface area contributed by atoms with Gasteiger partial charge in [-0.2, -0.15) is 4.99 Å². The third kappa shape index (κ3) is 3.00. The first kappa shape index (κ1) is 17.1. The SMILES string of the molecule is CC1=CN2C(=N)/C(=C/c3ccc(-c4ccc(Cl)c(Cl)c4)o3)C(=O)N=C2S1. The Labute approximate surface area is 163 Å². The lowest BCUT2D eigenvalue weighted by Gasteiger charge is -2.21. The van der Waals surface area contributed by atoms with Crippen LogP contribution in [0.15, 0.2) is 56.4 Å². The molecule has 1 aromatic carbocycles. The van der Waals surface area contributed by atoms with E-state index in [2.05, 4.69) is 4.99 Å². The maximum Gasteiger partial charge on any atom is 0.283 e. The third-order valence-corrected chi connectivity index (χ3v) is 5.45. The maximum atomic E-state index is 12.3. The van der Waals surface area contributed by atoms with Gasteiger partial charge >= 0.3 is 0 Å². The highest BCUT2D eigenvalue weighted by Crippen LogP contribution is 2.33. The van der Waals surface area contributed by atoms with Crippen LogP contribution in [0.5, 0.6) is 0 Å². The number of hydrogen-bond acceptors (Lipinski definition) is 4. The highest BCUT2D eigenvalue weighted by Gasteiger charge is 2.33. The van der Waals surface area contributed by atoms with Crippen LogP contribution in [0.25, 0.3) is 17.4 Å². The van der Waals surface area contributed by atoms with E-state index in [9.17, 15) is 4.79 Å². The second-order valence-corrected chi connectivity index (χ2v) is 7.68. The molecule has 0 atom stereocenters.